The van der Waals surface area contributed by atoms with Crippen LogP contribution in [0.1, 0.15) is 17.2 Å². The Labute approximate surface area is 158 Å². The normalized spacial score (nSPS) is 15.6. The molecule has 1 atom stereocenters. The van der Waals surface area contributed by atoms with Crippen molar-refractivity contribution in [3.8, 4) is 0 Å². The second-order valence-electron chi connectivity index (χ2n) is 6.19. The molecule has 1 heterocycles. The second-order valence-corrected chi connectivity index (χ2v) is 8.07. The summed E-state index contributed by atoms with van der Waals surface area (Å²) in [7, 11) is -3.64. The number of carbonyl (C=O) groups excluding carboxylic acids is 2. The monoisotopic (exact) mass is 388 g/mol. The Balaban J connectivity index is 1.74. The third-order valence-corrected chi connectivity index (χ3v) is 5.62. The van der Waals surface area contributed by atoms with Gasteiger partial charge in [-0.3, -0.25) is 4.79 Å². The molecule has 3 rings (SSSR count). The number of nitrogens with zero attached hydrogens (tertiary/aromatic N) is 1. The van der Waals surface area contributed by atoms with Crippen molar-refractivity contribution in [2.75, 3.05) is 18.9 Å². The summed E-state index contributed by atoms with van der Waals surface area (Å²) < 4.78 is 32.5. The number of nitrogens with one attached hydrogen (secondary N) is 1. The van der Waals surface area contributed by atoms with E-state index in [1.54, 1.807) is 30.3 Å². The summed E-state index contributed by atoms with van der Waals surface area (Å²) in [5.41, 5.74) is 1.57. The number of hydrogen-bond donors (Lipinski definition) is 1. The van der Waals surface area contributed by atoms with E-state index in [2.05, 4.69) is 4.72 Å². The zero-order valence-electron chi connectivity index (χ0n) is 14.6. The molecule has 1 aliphatic rings. The molecule has 1 unspecified atom stereocenters. The summed E-state index contributed by atoms with van der Waals surface area (Å²) in [4.78, 5) is 24.5. The summed E-state index contributed by atoms with van der Waals surface area (Å²) in [6.07, 6.45) is -0.396. The van der Waals surface area contributed by atoms with Gasteiger partial charge in [0.2, 0.25) is 10.0 Å². The number of cyclic esters (lactones) is 1. The maximum absolute atomic E-state index is 12.6. The van der Waals surface area contributed by atoms with Crippen LogP contribution in [0.15, 0.2) is 60.7 Å². The zero-order valence-corrected chi connectivity index (χ0v) is 15.4. The molecular formula is C19H20N2O5S. The van der Waals surface area contributed by atoms with E-state index in [0.29, 0.717) is 12.0 Å². The summed E-state index contributed by atoms with van der Waals surface area (Å²) in [5.74, 6) is -0.580. The van der Waals surface area contributed by atoms with Crippen molar-refractivity contribution in [2.24, 2.45) is 0 Å². The molecule has 2 aromatic rings. The summed E-state index contributed by atoms with van der Waals surface area (Å²) in [6.45, 7) is -0.437. The predicted octanol–water partition coefficient (Wildman–Crippen LogP) is 1.87. The van der Waals surface area contributed by atoms with Crippen molar-refractivity contribution < 1.29 is 22.7 Å². The number of hydrogen-bond acceptors (Lipinski definition) is 5. The molecule has 0 radical (unpaired) electrons. The van der Waals surface area contributed by atoms with Crippen molar-refractivity contribution >= 4 is 22.0 Å². The minimum absolute atomic E-state index is 0.0985. The first-order chi connectivity index (χ1) is 12.9. The lowest BCUT2D eigenvalue weighted by molar-refractivity contribution is -0.126. The Morgan fingerprint density at radius 1 is 1.00 bits per heavy atom. The van der Waals surface area contributed by atoms with Crippen LogP contribution in [0.4, 0.5) is 4.79 Å². The van der Waals surface area contributed by atoms with Crippen molar-refractivity contribution in [2.45, 2.75) is 12.5 Å². The first-order valence-electron chi connectivity index (χ1n) is 8.50. The maximum atomic E-state index is 12.6. The van der Waals surface area contributed by atoms with Crippen LogP contribution in [0.3, 0.4) is 0 Å². The predicted molar refractivity (Wildman–Crippen MR) is 99.3 cm³/mol. The summed E-state index contributed by atoms with van der Waals surface area (Å²) in [5, 5.41) is 0. The Morgan fingerprint density at radius 3 is 2.22 bits per heavy atom. The Morgan fingerprint density at radius 2 is 1.63 bits per heavy atom. The van der Waals surface area contributed by atoms with Gasteiger partial charge in [-0.25, -0.2) is 22.8 Å². The quantitative estimate of drug-likeness (QED) is 0.745. The molecule has 1 fully saturated rings. The highest BCUT2D eigenvalue weighted by atomic mass is 32.2. The molecule has 0 aliphatic carbocycles. The molecule has 8 heteroatoms. The number of benzene rings is 2. The van der Waals surface area contributed by atoms with E-state index < -0.39 is 28.1 Å². The SMILES string of the molecule is O=C1COC(=O)N1CC(NS(=O)(=O)CCc1ccccc1)c1ccccc1. The molecule has 27 heavy (non-hydrogen) atoms. The van der Waals surface area contributed by atoms with E-state index in [-0.39, 0.29) is 18.9 Å². The lowest BCUT2D eigenvalue weighted by Crippen LogP contribution is -2.41. The van der Waals surface area contributed by atoms with E-state index >= 15 is 0 Å². The van der Waals surface area contributed by atoms with Gasteiger partial charge in [0, 0.05) is 0 Å². The van der Waals surface area contributed by atoms with E-state index in [9.17, 15) is 18.0 Å². The molecule has 2 amide bonds. The van der Waals surface area contributed by atoms with Crippen molar-refractivity contribution in [3.63, 3.8) is 0 Å². The number of imide groups is 1. The highest BCUT2D eigenvalue weighted by molar-refractivity contribution is 7.89. The number of sulfonamides is 1. The van der Waals surface area contributed by atoms with E-state index in [4.69, 9.17) is 4.74 Å². The van der Waals surface area contributed by atoms with Crippen LogP contribution in [-0.4, -0.2) is 44.2 Å². The third-order valence-electron chi connectivity index (χ3n) is 4.23. The minimum atomic E-state index is -3.64. The van der Waals surface area contributed by atoms with Gasteiger partial charge >= 0.3 is 6.09 Å². The topological polar surface area (TPSA) is 92.8 Å². The Bertz CT molecular complexity index is 884. The maximum Gasteiger partial charge on any atom is 0.417 e. The van der Waals surface area contributed by atoms with E-state index in [1.165, 1.54) is 0 Å². The summed E-state index contributed by atoms with van der Waals surface area (Å²) >= 11 is 0. The second kappa shape index (κ2) is 8.32. The van der Waals surface area contributed by atoms with Gasteiger partial charge in [0.25, 0.3) is 5.91 Å². The highest BCUT2D eigenvalue weighted by Gasteiger charge is 2.34. The Kier molecular flexibility index (Phi) is 5.88. The molecule has 142 valence electrons. The first kappa shape index (κ1) is 19.1. The van der Waals surface area contributed by atoms with Crippen LogP contribution in [0.5, 0.6) is 0 Å². The molecule has 0 bridgehead atoms. The average molecular weight is 388 g/mol. The van der Waals surface area contributed by atoms with Crippen LogP contribution in [0, 0.1) is 0 Å². The molecule has 0 spiro atoms. The fourth-order valence-corrected chi connectivity index (χ4v) is 4.08. The molecule has 1 saturated heterocycles. The molecule has 7 nitrogen and oxygen atoms in total. The van der Waals surface area contributed by atoms with Gasteiger partial charge in [-0.2, -0.15) is 0 Å². The minimum Gasteiger partial charge on any atom is -0.439 e. The molecule has 1 aliphatic heterocycles. The number of rotatable bonds is 8. The summed E-state index contributed by atoms with van der Waals surface area (Å²) in [6, 6.07) is 17.4. The van der Waals surface area contributed by atoms with Gasteiger partial charge in [-0.05, 0) is 17.5 Å². The molecule has 0 saturated carbocycles. The van der Waals surface area contributed by atoms with Gasteiger partial charge < -0.3 is 4.74 Å². The lowest BCUT2D eigenvalue weighted by Gasteiger charge is -2.22. The standard InChI is InChI=1S/C19H20N2O5S/c22-18-14-26-19(23)21(18)13-17(16-9-5-2-6-10-16)20-27(24,25)12-11-15-7-3-1-4-8-15/h1-10,17,20H,11-14H2. The smallest absolute Gasteiger partial charge is 0.417 e. The highest BCUT2D eigenvalue weighted by Crippen LogP contribution is 2.18. The van der Waals surface area contributed by atoms with Crippen LogP contribution in [0.2, 0.25) is 0 Å². The number of amides is 2. The fraction of sp³-hybridized carbons (Fsp3) is 0.263. The molecular weight excluding hydrogens is 368 g/mol. The van der Waals surface area contributed by atoms with Gasteiger partial charge in [0.05, 0.1) is 18.3 Å². The average Bonchev–Trinajstić information content (AvgIpc) is 2.99. The Hall–Kier alpha value is -2.71. The number of ether oxygens (including phenoxy) is 1. The molecule has 0 aromatic heterocycles. The van der Waals surface area contributed by atoms with Gasteiger partial charge in [-0.1, -0.05) is 60.7 Å². The molecule has 1 N–H and O–H groups in total. The van der Waals surface area contributed by atoms with Gasteiger partial charge in [0.1, 0.15) is 0 Å². The van der Waals surface area contributed by atoms with Gasteiger partial charge in [0.15, 0.2) is 6.61 Å². The van der Waals surface area contributed by atoms with Crippen molar-refractivity contribution in [3.05, 3.63) is 71.8 Å². The van der Waals surface area contributed by atoms with Crippen LogP contribution in [-0.2, 0) is 26.0 Å². The largest absolute Gasteiger partial charge is 0.439 e. The van der Waals surface area contributed by atoms with Crippen molar-refractivity contribution in [1.29, 1.82) is 0 Å². The first-order valence-corrected chi connectivity index (χ1v) is 10.2. The van der Waals surface area contributed by atoms with Gasteiger partial charge in [-0.15, -0.1) is 0 Å². The van der Waals surface area contributed by atoms with E-state index in [1.807, 2.05) is 30.3 Å². The third kappa shape index (κ3) is 5.15. The van der Waals surface area contributed by atoms with Crippen molar-refractivity contribution in [1.82, 2.24) is 9.62 Å². The fourth-order valence-electron chi connectivity index (χ4n) is 2.81. The number of carbonyl (C=O) groups is 2. The number of aryl methyl sites for hydroxylation is 1. The van der Waals surface area contributed by atoms with Crippen LogP contribution >= 0.6 is 0 Å². The zero-order chi connectivity index (χ0) is 19.3. The molecule has 2 aromatic carbocycles. The van der Waals surface area contributed by atoms with Crippen LogP contribution < -0.4 is 4.72 Å². The van der Waals surface area contributed by atoms with E-state index in [0.717, 1.165) is 10.5 Å². The lowest BCUT2D eigenvalue weighted by atomic mass is 10.1. The van der Waals surface area contributed by atoms with Crippen LogP contribution in [0.25, 0.3) is 0 Å².